The molecule has 25 heavy (non-hydrogen) atoms. The molecule has 1 amide bonds. The van der Waals surface area contributed by atoms with Gasteiger partial charge in [0.1, 0.15) is 17.8 Å². The second-order valence-electron chi connectivity index (χ2n) is 5.39. The zero-order valence-corrected chi connectivity index (χ0v) is 12.9. The predicted molar refractivity (Wildman–Crippen MR) is 80.3 cm³/mol. The van der Waals surface area contributed by atoms with Crippen LogP contribution in [0.15, 0.2) is 12.1 Å². The Kier molecular flexibility index (Phi) is 5.47. The lowest BCUT2D eigenvalue weighted by molar-refractivity contribution is -0.386. The second kappa shape index (κ2) is 7.55. The fourth-order valence-corrected chi connectivity index (χ4v) is 1.89. The molecule has 11 nitrogen and oxygen atoms in total. The molecule has 1 fully saturated rings. The molecule has 1 aliphatic rings. The van der Waals surface area contributed by atoms with Crippen molar-refractivity contribution >= 4 is 23.5 Å². The van der Waals surface area contributed by atoms with Gasteiger partial charge in [0.25, 0.3) is 11.8 Å². The number of aromatic nitrogens is 1. The van der Waals surface area contributed by atoms with Crippen LogP contribution in [0.25, 0.3) is 0 Å². The van der Waals surface area contributed by atoms with E-state index < -0.39 is 40.9 Å². The van der Waals surface area contributed by atoms with Gasteiger partial charge in [-0.1, -0.05) is 0 Å². The van der Waals surface area contributed by atoms with Gasteiger partial charge in [-0.25, -0.2) is 9.78 Å². The molecule has 0 aliphatic heterocycles. The monoisotopic (exact) mass is 353 g/mol. The number of nitrogens with one attached hydrogen (secondary N) is 1. The zero-order valence-electron chi connectivity index (χ0n) is 12.9. The SMILES string of the molecule is O=C(O)CC[C@H](NC(=O)c1ccc([N+](=O)[O-])c(OC2CC2)n1)C(=O)O. The number of amides is 1. The van der Waals surface area contributed by atoms with Crippen LogP contribution >= 0.6 is 0 Å². The summed E-state index contributed by atoms with van der Waals surface area (Å²) in [5.41, 5.74) is -0.660. The van der Waals surface area contributed by atoms with Crippen molar-refractivity contribution in [1.29, 1.82) is 0 Å². The van der Waals surface area contributed by atoms with Crippen LogP contribution in [0, 0.1) is 10.1 Å². The van der Waals surface area contributed by atoms with Gasteiger partial charge in [-0.2, -0.15) is 0 Å². The minimum absolute atomic E-state index is 0.188. The third kappa shape index (κ3) is 5.12. The van der Waals surface area contributed by atoms with Gasteiger partial charge in [0.15, 0.2) is 0 Å². The summed E-state index contributed by atoms with van der Waals surface area (Å²) in [7, 11) is 0. The van der Waals surface area contributed by atoms with Gasteiger partial charge < -0.3 is 20.3 Å². The first-order valence-electron chi connectivity index (χ1n) is 7.35. The summed E-state index contributed by atoms with van der Waals surface area (Å²) in [6, 6.07) is 0.698. The van der Waals surface area contributed by atoms with Crippen LogP contribution in [0.2, 0.25) is 0 Å². The molecule has 1 aromatic heterocycles. The average molecular weight is 353 g/mol. The maximum absolute atomic E-state index is 12.1. The molecule has 0 unspecified atom stereocenters. The van der Waals surface area contributed by atoms with E-state index >= 15 is 0 Å². The molecule has 0 saturated heterocycles. The van der Waals surface area contributed by atoms with E-state index in [0.717, 1.165) is 25.0 Å². The highest BCUT2D eigenvalue weighted by Gasteiger charge is 2.30. The van der Waals surface area contributed by atoms with Crippen molar-refractivity contribution < 1.29 is 34.3 Å². The fraction of sp³-hybridized carbons (Fsp3) is 0.429. The number of carbonyl (C=O) groups excluding carboxylic acids is 1. The van der Waals surface area contributed by atoms with E-state index in [-0.39, 0.29) is 24.1 Å². The topological polar surface area (TPSA) is 169 Å². The van der Waals surface area contributed by atoms with E-state index in [4.69, 9.17) is 14.9 Å². The van der Waals surface area contributed by atoms with Crippen LogP contribution in [-0.2, 0) is 9.59 Å². The highest BCUT2D eigenvalue weighted by atomic mass is 16.6. The van der Waals surface area contributed by atoms with Gasteiger partial charge in [0.2, 0.25) is 0 Å². The van der Waals surface area contributed by atoms with E-state index in [2.05, 4.69) is 10.3 Å². The summed E-state index contributed by atoms with van der Waals surface area (Å²) in [5, 5.41) is 30.8. The molecule has 134 valence electrons. The zero-order chi connectivity index (χ0) is 18.6. The quantitative estimate of drug-likeness (QED) is 0.424. The molecular formula is C14H15N3O8. The van der Waals surface area contributed by atoms with E-state index in [1.807, 2.05) is 0 Å². The lowest BCUT2D eigenvalue weighted by Gasteiger charge is -2.13. The largest absolute Gasteiger partial charge is 0.481 e. The van der Waals surface area contributed by atoms with E-state index in [9.17, 15) is 24.5 Å². The van der Waals surface area contributed by atoms with Crippen LogP contribution in [0.1, 0.15) is 36.2 Å². The molecular weight excluding hydrogens is 338 g/mol. The molecule has 11 heteroatoms. The Morgan fingerprint density at radius 3 is 2.56 bits per heavy atom. The van der Waals surface area contributed by atoms with E-state index in [1.165, 1.54) is 0 Å². The van der Waals surface area contributed by atoms with Gasteiger partial charge in [0, 0.05) is 12.5 Å². The van der Waals surface area contributed by atoms with Gasteiger partial charge in [-0.15, -0.1) is 0 Å². The van der Waals surface area contributed by atoms with Crippen LogP contribution in [0.5, 0.6) is 5.88 Å². The third-order valence-corrected chi connectivity index (χ3v) is 3.32. The number of hydrogen-bond donors (Lipinski definition) is 3. The molecule has 1 aliphatic carbocycles. The van der Waals surface area contributed by atoms with Crippen molar-refractivity contribution in [2.24, 2.45) is 0 Å². The first-order chi connectivity index (χ1) is 11.8. The number of ether oxygens (including phenoxy) is 1. The maximum Gasteiger partial charge on any atom is 0.331 e. The highest BCUT2D eigenvalue weighted by Crippen LogP contribution is 2.31. The van der Waals surface area contributed by atoms with Gasteiger partial charge in [0.05, 0.1) is 4.92 Å². The molecule has 1 atom stereocenters. The summed E-state index contributed by atoms with van der Waals surface area (Å²) in [4.78, 5) is 47.8. The summed E-state index contributed by atoms with van der Waals surface area (Å²) in [6.07, 6.45) is 0.513. The van der Waals surface area contributed by atoms with Crippen LogP contribution in [0.4, 0.5) is 5.69 Å². The molecule has 0 radical (unpaired) electrons. The van der Waals surface area contributed by atoms with Gasteiger partial charge in [-0.3, -0.25) is 19.7 Å². The van der Waals surface area contributed by atoms with Gasteiger partial charge in [-0.05, 0) is 25.3 Å². The third-order valence-electron chi connectivity index (χ3n) is 3.32. The summed E-state index contributed by atoms with van der Waals surface area (Å²) >= 11 is 0. The number of rotatable bonds is 9. The summed E-state index contributed by atoms with van der Waals surface area (Å²) < 4.78 is 5.31. The number of carboxylic acids is 2. The Morgan fingerprint density at radius 2 is 2.04 bits per heavy atom. The van der Waals surface area contributed by atoms with Crippen LogP contribution < -0.4 is 10.1 Å². The molecule has 1 heterocycles. The summed E-state index contributed by atoms with van der Waals surface area (Å²) in [5.74, 6) is -3.80. The first-order valence-corrected chi connectivity index (χ1v) is 7.35. The Hall–Kier alpha value is -3.24. The number of carbonyl (C=O) groups is 3. The fourth-order valence-electron chi connectivity index (χ4n) is 1.89. The maximum atomic E-state index is 12.1. The van der Waals surface area contributed by atoms with Crippen molar-refractivity contribution in [3.05, 3.63) is 27.9 Å². The number of carboxylic acid groups (broad SMARTS) is 2. The number of nitro groups is 1. The molecule has 0 aromatic carbocycles. The molecule has 1 aromatic rings. The Bertz CT molecular complexity index is 716. The van der Waals surface area contributed by atoms with Crippen molar-refractivity contribution in [3.63, 3.8) is 0 Å². The Labute approximate surface area is 140 Å². The predicted octanol–water partition coefficient (Wildman–Crippen LogP) is 0.579. The van der Waals surface area contributed by atoms with Crippen molar-refractivity contribution in [2.45, 2.75) is 37.8 Å². The van der Waals surface area contributed by atoms with Gasteiger partial charge >= 0.3 is 17.6 Å². The molecule has 0 bridgehead atoms. The average Bonchev–Trinajstić information content (AvgIpc) is 3.34. The van der Waals surface area contributed by atoms with Crippen molar-refractivity contribution in [3.8, 4) is 5.88 Å². The minimum atomic E-state index is -1.42. The standard InChI is InChI=1S/C14H15N3O8/c18-11(19)6-4-9(14(21)22)15-12(20)8-3-5-10(17(23)24)13(16-8)25-7-1-2-7/h3,5,7,9H,1-2,4,6H2,(H,15,20)(H,18,19)(H,21,22)/t9-/m0/s1. The molecule has 2 rings (SSSR count). The lowest BCUT2D eigenvalue weighted by atomic mass is 10.1. The molecule has 3 N–H and O–H groups in total. The van der Waals surface area contributed by atoms with Crippen LogP contribution in [-0.4, -0.2) is 50.1 Å². The van der Waals surface area contributed by atoms with E-state index in [0.29, 0.717) is 0 Å². The van der Waals surface area contributed by atoms with Crippen LogP contribution in [0.3, 0.4) is 0 Å². The Morgan fingerprint density at radius 1 is 1.36 bits per heavy atom. The number of aliphatic carboxylic acids is 2. The Balaban J connectivity index is 2.15. The lowest BCUT2D eigenvalue weighted by Crippen LogP contribution is -2.41. The second-order valence-corrected chi connectivity index (χ2v) is 5.39. The molecule has 1 saturated carbocycles. The summed E-state index contributed by atoms with van der Waals surface area (Å²) in [6.45, 7) is 0. The normalized spacial score (nSPS) is 14.4. The van der Waals surface area contributed by atoms with E-state index in [1.54, 1.807) is 0 Å². The smallest absolute Gasteiger partial charge is 0.331 e. The van der Waals surface area contributed by atoms with Crippen molar-refractivity contribution in [1.82, 2.24) is 10.3 Å². The first kappa shape index (κ1) is 18.1. The highest BCUT2D eigenvalue weighted by molar-refractivity contribution is 5.95. The number of pyridine rings is 1. The minimum Gasteiger partial charge on any atom is -0.481 e. The molecule has 0 spiro atoms. The number of nitrogens with zero attached hydrogens (tertiary/aromatic N) is 2. The van der Waals surface area contributed by atoms with Crippen molar-refractivity contribution in [2.75, 3.05) is 0 Å². The number of hydrogen-bond acceptors (Lipinski definition) is 7.